The molecule has 5 heterocycles. The molecule has 96 heavy (non-hydrogen) atoms. The van der Waals surface area contributed by atoms with Crippen LogP contribution in [-0.4, -0.2) is 25.9 Å². The van der Waals surface area contributed by atoms with E-state index in [0.29, 0.717) is 11.3 Å². The van der Waals surface area contributed by atoms with E-state index < -0.39 is 5.97 Å². The van der Waals surface area contributed by atoms with Crippen molar-refractivity contribution in [2.24, 2.45) is 0 Å². The van der Waals surface area contributed by atoms with Gasteiger partial charge >= 0.3 is 5.97 Å². The average Bonchev–Trinajstić information content (AvgIpc) is 1.72. The maximum atomic E-state index is 13.4. The molecule has 14 aromatic rings. The van der Waals surface area contributed by atoms with Crippen LogP contribution >= 0.6 is 0 Å². The Morgan fingerprint density at radius 3 is 0.719 bits per heavy atom. The molecule has 0 unspecified atom stereocenters. The third kappa shape index (κ3) is 11.6. The van der Waals surface area contributed by atoms with Crippen molar-refractivity contribution in [2.45, 2.75) is 0 Å². The van der Waals surface area contributed by atoms with Crippen LogP contribution in [0.2, 0.25) is 0 Å². The molecule has 16 rings (SSSR count). The molecule has 3 aromatic heterocycles. The fraction of sp³-hybridized carbons (Fsp3) is 0. The lowest BCUT2D eigenvalue weighted by molar-refractivity contribution is 0.0734. The van der Waals surface area contributed by atoms with Crippen LogP contribution in [0.5, 0.6) is 5.75 Å². The zero-order valence-corrected chi connectivity index (χ0v) is 52.1. The van der Waals surface area contributed by atoms with E-state index in [1.54, 1.807) is 12.1 Å². The monoisotopic (exact) mass is 1240 g/mol. The minimum absolute atomic E-state index is 0.424. The van der Waals surface area contributed by atoms with Crippen molar-refractivity contribution < 1.29 is 9.53 Å². The lowest BCUT2D eigenvalue weighted by atomic mass is 10.0. The molecule has 2 N–H and O–H groups in total. The first kappa shape index (κ1) is 58.0. The summed E-state index contributed by atoms with van der Waals surface area (Å²) in [5.41, 5.74) is 23.7. The van der Waals surface area contributed by atoms with Crippen LogP contribution in [0.25, 0.3) is 90.9 Å². The Labute approximate surface area is 556 Å². The number of ether oxygens (including phenoxy) is 1. The number of carbonyl (C=O) groups is 1. The third-order valence-electron chi connectivity index (χ3n) is 17.4. The van der Waals surface area contributed by atoms with Crippen molar-refractivity contribution in [1.29, 1.82) is 0 Å². The highest BCUT2D eigenvalue weighted by Gasteiger charge is 2.23. The summed E-state index contributed by atoms with van der Waals surface area (Å²) in [5.74, 6) is -0.00788. The van der Waals surface area contributed by atoms with Gasteiger partial charge in [-0.1, -0.05) is 176 Å². The normalized spacial score (nSPS) is 11.5. The average molecular weight is 1240 g/mol. The molecule has 0 saturated heterocycles. The number of H-pyrrole nitrogens is 2. The Morgan fingerprint density at radius 1 is 0.250 bits per heavy atom. The van der Waals surface area contributed by atoms with Crippen molar-refractivity contribution in [2.75, 3.05) is 14.7 Å². The molecule has 0 spiro atoms. The van der Waals surface area contributed by atoms with Gasteiger partial charge < -0.3 is 29.4 Å². The molecule has 0 fully saturated rings. The molecule has 0 amide bonds. The summed E-state index contributed by atoms with van der Waals surface area (Å²) in [6.45, 7) is 0. The summed E-state index contributed by atoms with van der Waals surface area (Å²) >= 11 is 0. The van der Waals surface area contributed by atoms with Gasteiger partial charge in [0.25, 0.3) is 0 Å². The minimum Gasteiger partial charge on any atom is -0.423 e. The highest BCUT2D eigenvalue weighted by molar-refractivity contribution is 6.01. The highest BCUT2D eigenvalue weighted by Crippen LogP contribution is 2.44. The fourth-order valence-corrected chi connectivity index (χ4v) is 13.0. The summed E-state index contributed by atoms with van der Waals surface area (Å²) < 4.78 is 5.94. The molecule has 11 aromatic carbocycles. The predicted octanol–water partition coefficient (Wildman–Crippen LogP) is 23.0. The van der Waals surface area contributed by atoms with Gasteiger partial charge in [0.2, 0.25) is 0 Å². The molecule has 9 nitrogen and oxygen atoms in total. The lowest BCUT2D eigenvalue weighted by Crippen LogP contribution is -2.09. The second-order valence-corrected chi connectivity index (χ2v) is 23.4. The van der Waals surface area contributed by atoms with E-state index in [4.69, 9.17) is 14.7 Å². The van der Waals surface area contributed by atoms with Crippen LogP contribution < -0.4 is 19.4 Å². The van der Waals surface area contributed by atoms with Crippen LogP contribution in [0.4, 0.5) is 51.2 Å². The maximum Gasteiger partial charge on any atom is 0.343 e. The number of hydrogen-bond donors (Lipinski definition) is 2. The first-order chi connectivity index (χ1) is 47.5. The van der Waals surface area contributed by atoms with Gasteiger partial charge in [0.1, 0.15) is 5.75 Å². The van der Waals surface area contributed by atoms with Gasteiger partial charge in [0.15, 0.2) is 0 Å². The van der Waals surface area contributed by atoms with Gasteiger partial charge in [-0.3, -0.25) is 0 Å². The van der Waals surface area contributed by atoms with Crippen LogP contribution in [-0.2, 0) is 0 Å². The number of aromatic nitrogens is 4. The molecule has 0 radical (unpaired) electrons. The van der Waals surface area contributed by atoms with Gasteiger partial charge in [0.05, 0.1) is 28.3 Å². The second-order valence-electron chi connectivity index (χ2n) is 23.4. The Kier molecular flexibility index (Phi) is 15.6. The maximum absolute atomic E-state index is 13.4. The van der Waals surface area contributed by atoms with E-state index >= 15 is 0 Å². The Bertz CT molecular complexity index is 5090. The summed E-state index contributed by atoms with van der Waals surface area (Å²) in [4.78, 5) is 39.5. The number of nitrogens with one attached hydrogen (secondary N) is 2. The molecule has 456 valence electrons. The smallest absolute Gasteiger partial charge is 0.343 e. The van der Waals surface area contributed by atoms with Crippen LogP contribution in [0.3, 0.4) is 0 Å². The minimum atomic E-state index is -0.432. The zero-order valence-electron chi connectivity index (χ0n) is 52.1. The van der Waals surface area contributed by atoms with Crippen molar-refractivity contribution in [3.8, 4) is 50.3 Å². The van der Waals surface area contributed by atoms with Crippen molar-refractivity contribution >= 4 is 104 Å². The molecular weight excluding hydrogens is 1180 g/mol. The number of aromatic amines is 2. The van der Waals surface area contributed by atoms with E-state index in [1.165, 1.54) is 0 Å². The summed E-state index contributed by atoms with van der Waals surface area (Å²) in [5, 5.41) is 0. The van der Waals surface area contributed by atoms with E-state index in [0.717, 1.165) is 141 Å². The van der Waals surface area contributed by atoms with Gasteiger partial charge in [0, 0.05) is 95.5 Å². The molecule has 0 aliphatic carbocycles. The van der Waals surface area contributed by atoms with Crippen molar-refractivity contribution in [3.63, 3.8) is 0 Å². The van der Waals surface area contributed by atoms with E-state index in [1.807, 2.05) is 78.9 Å². The topological polar surface area (TPSA) is 93.4 Å². The Balaban J connectivity index is 0.926. The fourth-order valence-electron chi connectivity index (χ4n) is 13.0. The van der Waals surface area contributed by atoms with Crippen molar-refractivity contribution in [3.05, 3.63) is 362 Å². The standard InChI is InChI=1S/C87H61N7O2/c95-87(64-22-8-1-9-23-64)96-74-50-42-63(43-51-74)86-81-58-56-79(90-81)84(61-38-46-72(47-39-61)93(67-28-14-4-15-29-67)68-30-16-5-17-31-68)77-54-52-75(88-77)83(60-36-44-71(45-37-60)92(65-24-10-2-11-25-65)66-26-12-3-13-27-66)76-53-55-78(89-76)85(80-57-59-82(86)91-80)62-40-48-73(49-41-62)94(69-32-18-6-19-33-69)70-34-20-7-21-35-70/h1-59,88,91H. The number of carbonyl (C=O) groups excluding carboxylic acids is 1. The van der Waals surface area contributed by atoms with Crippen LogP contribution in [0.1, 0.15) is 33.1 Å². The molecular formula is C87H61N7O2. The second kappa shape index (κ2) is 25.9. The number of fused-ring (bicyclic) bond motifs is 8. The summed E-state index contributed by atoms with van der Waals surface area (Å²) in [6, 6.07) is 114. The summed E-state index contributed by atoms with van der Waals surface area (Å²) in [7, 11) is 0. The van der Waals surface area contributed by atoms with E-state index in [9.17, 15) is 4.79 Å². The van der Waals surface area contributed by atoms with Crippen LogP contribution in [0, 0.1) is 0 Å². The first-order valence-corrected chi connectivity index (χ1v) is 32.1. The van der Waals surface area contributed by atoms with Gasteiger partial charge in [-0.2, -0.15) is 0 Å². The largest absolute Gasteiger partial charge is 0.423 e. The van der Waals surface area contributed by atoms with Crippen molar-refractivity contribution in [1.82, 2.24) is 19.9 Å². The molecule has 2 aliphatic heterocycles. The van der Waals surface area contributed by atoms with Crippen LogP contribution in [0.15, 0.2) is 334 Å². The number of benzene rings is 11. The summed E-state index contributed by atoms with van der Waals surface area (Å²) in [6.07, 6.45) is 8.50. The Morgan fingerprint density at radius 2 is 0.469 bits per heavy atom. The zero-order chi connectivity index (χ0) is 64.2. The molecule has 9 heteroatoms. The number of esters is 1. The lowest BCUT2D eigenvalue weighted by Gasteiger charge is -2.25. The molecule has 2 aliphatic rings. The van der Waals surface area contributed by atoms with Gasteiger partial charge in [-0.05, 0) is 204 Å². The predicted molar refractivity (Wildman–Crippen MR) is 396 cm³/mol. The molecule has 8 bridgehead atoms. The van der Waals surface area contributed by atoms with E-state index in [2.05, 4.69) is 292 Å². The highest BCUT2D eigenvalue weighted by atomic mass is 16.5. The number of anilines is 9. The Hall–Kier alpha value is -13.1. The van der Waals surface area contributed by atoms with E-state index in [-0.39, 0.29) is 0 Å². The third-order valence-corrected chi connectivity index (χ3v) is 17.4. The number of rotatable bonds is 15. The number of para-hydroxylation sites is 6. The first-order valence-electron chi connectivity index (χ1n) is 32.1. The number of nitrogens with zero attached hydrogens (tertiary/aromatic N) is 5. The quantitative estimate of drug-likeness (QED) is 0.0780. The molecule has 0 atom stereocenters. The van der Waals surface area contributed by atoms with Gasteiger partial charge in [-0.15, -0.1) is 0 Å². The SMILES string of the molecule is O=C(Oc1ccc(-c2c3nc(c(-c4ccc(N(c5ccccc5)c5ccccc5)cc4)c4ccc([nH]4)c(-c4ccc(N(c5ccccc5)c5ccccc5)cc4)c4nc(c(-c5ccc(N(c6ccccc6)c6ccccc6)cc5)c5ccc2[nH]5)C=C4)C=C3)cc1)c1ccccc1. The van der Waals surface area contributed by atoms with Gasteiger partial charge in [-0.25, -0.2) is 14.8 Å². The molecule has 0 saturated carbocycles. The number of hydrogen-bond acceptors (Lipinski definition) is 7.